The van der Waals surface area contributed by atoms with E-state index in [-0.39, 0.29) is 30.9 Å². The summed E-state index contributed by atoms with van der Waals surface area (Å²) < 4.78 is 4.65. The van der Waals surface area contributed by atoms with Crippen LogP contribution >= 0.6 is 0 Å². The summed E-state index contributed by atoms with van der Waals surface area (Å²) in [7, 11) is 1.26. The molecule has 1 unspecified atom stereocenters. The van der Waals surface area contributed by atoms with Gasteiger partial charge < -0.3 is 15.4 Å². The van der Waals surface area contributed by atoms with Crippen molar-refractivity contribution in [3.05, 3.63) is 0 Å². The van der Waals surface area contributed by atoms with Crippen LogP contribution in [0.25, 0.3) is 0 Å². The number of carbonyl (C=O) groups is 3. The van der Waals surface area contributed by atoms with Gasteiger partial charge in [-0.3, -0.25) is 14.5 Å². The van der Waals surface area contributed by atoms with Crippen LogP contribution in [0.3, 0.4) is 0 Å². The van der Waals surface area contributed by atoms with Crippen molar-refractivity contribution in [2.24, 2.45) is 0 Å². The monoisotopic (exact) mass is 287 g/mol. The first-order chi connectivity index (χ1) is 9.29. The number of rotatable bonds is 8. The van der Waals surface area contributed by atoms with Crippen LogP contribution in [0.5, 0.6) is 0 Å². The normalized spacial score (nSPS) is 12.2. The summed E-state index contributed by atoms with van der Waals surface area (Å²) in [6.45, 7) is 7.95. The smallest absolute Gasteiger partial charge is 0.329 e. The zero-order valence-electron chi connectivity index (χ0n) is 12.9. The number of amides is 2. The maximum Gasteiger partial charge on any atom is 0.329 e. The number of hydrogen-bond donors (Lipinski definition) is 2. The molecular formula is C13H25N3O4. The Morgan fingerprint density at radius 2 is 1.80 bits per heavy atom. The Hall–Kier alpha value is -1.63. The van der Waals surface area contributed by atoms with Crippen LogP contribution in [0.1, 0.15) is 27.7 Å². The van der Waals surface area contributed by atoms with Gasteiger partial charge in [-0.25, -0.2) is 4.79 Å². The van der Waals surface area contributed by atoms with Crippen molar-refractivity contribution in [1.82, 2.24) is 15.5 Å². The van der Waals surface area contributed by atoms with Crippen LogP contribution in [-0.4, -0.2) is 61.5 Å². The number of hydrogen-bond acceptors (Lipinski definition) is 5. The molecule has 0 aliphatic carbocycles. The van der Waals surface area contributed by atoms with Gasteiger partial charge in [-0.15, -0.1) is 0 Å². The lowest BCUT2D eigenvalue weighted by atomic mass is 10.2. The van der Waals surface area contributed by atoms with Crippen molar-refractivity contribution in [2.75, 3.05) is 26.7 Å². The van der Waals surface area contributed by atoms with E-state index in [2.05, 4.69) is 15.4 Å². The number of likely N-dealkylation sites (N-methyl/N-ethyl adjacent to an activating group) is 1. The highest BCUT2D eigenvalue weighted by molar-refractivity contribution is 5.83. The van der Waals surface area contributed by atoms with Gasteiger partial charge in [0.15, 0.2) is 0 Å². The van der Waals surface area contributed by atoms with Crippen molar-refractivity contribution in [3.63, 3.8) is 0 Å². The Kier molecular flexibility index (Phi) is 8.54. The molecule has 2 amide bonds. The van der Waals surface area contributed by atoms with E-state index in [4.69, 9.17) is 0 Å². The van der Waals surface area contributed by atoms with E-state index in [0.29, 0.717) is 6.54 Å². The number of nitrogens with zero attached hydrogens (tertiary/aromatic N) is 1. The molecule has 1 atom stereocenters. The zero-order chi connectivity index (χ0) is 15.7. The fraction of sp³-hybridized carbons (Fsp3) is 0.769. The van der Waals surface area contributed by atoms with Gasteiger partial charge in [0.1, 0.15) is 6.04 Å². The number of methoxy groups -OCH3 is 1. The lowest BCUT2D eigenvalue weighted by molar-refractivity contribution is -0.145. The summed E-state index contributed by atoms with van der Waals surface area (Å²) in [5.41, 5.74) is 0. The molecule has 0 spiro atoms. The third kappa shape index (κ3) is 7.73. The van der Waals surface area contributed by atoms with Crippen LogP contribution in [0.2, 0.25) is 0 Å². The van der Waals surface area contributed by atoms with E-state index >= 15 is 0 Å². The van der Waals surface area contributed by atoms with E-state index in [1.165, 1.54) is 14.0 Å². The molecule has 0 aliphatic rings. The maximum atomic E-state index is 11.7. The first-order valence-corrected chi connectivity index (χ1v) is 6.66. The molecule has 0 saturated heterocycles. The number of carbonyl (C=O) groups excluding carboxylic acids is 3. The van der Waals surface area contributed by atoms with Gasteiger partial charge in [-0.2, -0.15) is 0 Å². The van der Waals surface area contributed by atoms with Crippen LogP contribution in [0.15, 0.2) is 0 Å². The number of nitrogens with one attached hydrogen (secondary N) is 2. The quantitative estimate of drug-likeness (QED) is 0.588. The number of ether oxygens (including phenoxy) is 1. The summed E-state index contributed by atoms with van der Waals surface area (Å²) >= 11 is 0. The van der Waals surface area contributed by atoms with Crippen molar-refractivity contribution in [2.45, 2.75) is 39.8 Å². The van der Waals surface area contributed by atoms with Crippen LogP contribution in [0.4, 0.5) is 0 Å². The lowest BCUT2D eigenvalue weighted by Crippen LogP contribution is -2.50. The zero-order valence-corrected chi connectivity index (χ0v) is 12.9. The minimum atomic E-state index is -0.774. The minimum absolute atomic E-state index is 0.0629. The highest BCUT2D eigenvalue weighted by Gasteiger charge is 2.23. The molecule has 116 valence electrons. The number of esters is 1. The molecule has 7 heteroatoms. The van der Waals surface area contributed by atoms with E-state index in [1.54, 1.807) is 4.90 Å². The van der Waals surface area contributed by atoms with E-state index in [1.807, 2.05) is 20.8 Å². The van der Waals surface area contributed by atoms with Crippen LogP contribution in [0, 0.1) is 0 Å². The molecule has 0 aromatic heterocycles. The Labute approximate surface area is 120 Å². The van der Waals surface area contributed by atoms with Crippen molar-refractivity contribution in [1.29, 1.82) is 0 Å². The molecule has 0 radical (unpaired) electrons. The predicted octanol–water partition coefficient (Wildman–Crippen LogP) is -0.489. The minimum Gasteiger partial charge on any atom is -0.467 e. The third-order valence-corrected chi connectivity index (χ3v) is 2.57. The maximum absolute atomic E-state index is 11.7. The molecule has 0 aromatic carbocycles. The summed E-state index contributed by atoms with van der Waals surface area (Å²) in [5.74, 6) is -0.959. The second-order valence-electron chi connectivity index (χ2n) is 4.83. The Morgan fingerprint density at radius 3 is 2.20 bits per heavy atom. The van der Waals surface area contributed by atoms with Crippen molar-refractivity contribution >= 4 is 17.8 Å². The second-order valence-corrected chi connectivity index (χ2v) is 4.83. The Bertz CT molecular complexity index is 345. The first-order valence-electron chi connectivity index (χ1n) is 6.66. The highest BCUT2D eigenvalue weighted by Crippen LogP contribution is 1.96. The van der Waals surface area contributed by atoms with E-state index in [0.717, 1.165) is 0 Å². The topological polar surface area (TPSA) is 87.7 Å². The van der Waals surface area contributed by atoms with Crippen LogP contribution in [-0.2, 0) is 19.1 Å². The van der Waals surface area contributed by atoms with Gasteiger partial charge in [0.25, 0.3) is 0 Å². The molecule has 0 aromatic rings. The molecule has 0 fully saturated rings. The fourth-order valence-electron chi connectivity index (χ4n) is 1.70. The van der Waals surface area contributed by atoms with Gasteiger partial charge in [0.05, 0.1) is 13.7 Å². The fourth-order valence-corrected chi connectivity index (χ4v) is 1.70. The van der Waals surface area contributed by atoms with E-state index < -0.39 is 12.0 Å². The molecule has 0 saturated carbocycles. The molecule has 7 nitrogen and oxygen atoms in total. The lowest BCUT2D eigenvalue weighted by Gasteiger charge is -2.25. The largest absolute Gasteiger partial charge is 0.467 e. The first kappa shape index (κ1) is 18.4. The third-order valence-electron chi connectivity index (χ3n) is 2.57. The SMILES string of the molecule is CCN(CC(=O)NC(C)C)CC(NC(C)=O)C(=O)OC. The van der Waals surface area contributed by atoms with Gasteiger partial charge in [-0.1, -0.05) is 6.92 Å². The summed E-state index contributed by atoms with van der Waals surface area (Å²) in [5, 5.41) is 5.30. The molecular weight excluding hydrogens is 262 g/mol. The standard InChI is InChI=1S/C13H25N3O4/c1-6-16(8-12(18)14-9(2)3)7-11(13(19)20-5)15-10(4)17/h9,11H,6-8H2,1-5H3,(H,14,18)(H,15,17). The molecule has 20 heavy (non-hydrogen) atoms. The molecule has 0 bridgehead atoms. The second kappa shape index (κ2) is 9.30. The highest BCUT2D eigenvalue weighted by atomic mass is 16.5. The molecule has 0 rings (SSSR count). The molecule has 2 N–H and O–H groups in total. The Morgan fingerprint density at radius 1 is 1.20 bits per heavy atom. The van der Waals surface area contributed by atoms with Crippen LogP contribution < -0.4 is 10.6 Å². The Balaban J connectivity index is 4.58. The average molecular weight is 287 g/mol. The molecule has 0 aliphatic heterocycles. The summed E-state index contributed by atoms with van der Waals surface area (Å²) in [4.78, 5) is 36.2. The summed E-state index contributed by atoms with van der Waals surface area (Å²) in [6, 6.07) is -0.711. The van der Waals surface area contributed by atoms with Gasteiger partial charge >= 0.3 is 5.97 Å². The molecule has 0 heterocycles. The summed E-state index contributed by atoms with van der Waals surface area (Å²) in [6.07, 6.45) is 0. The van der Waals surface area contributed by atoms with Crippen molar-refractivity contribution < 1.29 is 19.1 Å². The van der Waals surface area contributed by atoms with Gasteiger partial charge in [0, 0.05) is 19.5 Å². The average Bonchev–Trinajstić information content (AvgIpc) is 2.34. The van der Waals surface area contributed by atoms with Gasteiger partial charge in [-0.05, 0) is 20.4 Å². The predicted molar refractivity (Wildman–Crippen MR) is 75.0 cm³/mol. The van der Waals surface area contributed by atoms with Crippen molar-refractivity contribution in [3.8, 4) is 0 Å². The van der Waals surface area contributed by atoms with E-state index in [9.17, 15) is 14.4 Å². The van der Waals surface area contributed by atoms with Gasteiger partial charge in [0.2, 0.25) is 11.8 Å².